The first-order valence-electron chi connectivity index (χ1n) is 7.17. The molecule has 0 spiro atoms. The quantitative estimate of drug-likeness (QED) is 0.903. The van der Waals surface area contributed by atoms with Crippen LogP contribution in [0.5, 0.6) is 5.75 Å². The molecule has 106 valence electrons. The Hall–Kier alpha value is -1.06. The van der Waals surface area contributed by atoms with E-state index in [0.29, 0.717) is 6.04 Å². The summed E-state index contributed by atoms with van der Waals surface area (Å²) in [5.41, 5.74) is 1.46. The molecule has 1 atom stereocenters. The van der Waals surface area contributed by atoms with Gasteiger partial charge in [0.25, 0.3) is 0 Å². The van der Waals surface area contributed by atoms with Crippen molar-refractivity contribution in [1.29, 1.82) is 0 Å². The number of hydrogen-bond donors (Lipinski definition) is 1. The van der Waals surface area contributed by atoms with E-state index in [1.54, 1.807) is 7.11 Å². The SMILES string of the molecule is CCC1CN(Cc2ccccc2OC)C(C)(C)CN1. The van der Waals surface area contributed by atoms with Crippen LogP contribution in [0.25, 0.3) is 0 Å². The maximum atomic E-state index is 5.47. The van der Waals surface area contributed by atoms with E-state index in [-0.39, 0.29) is 5.54 Å². The van der Waals surface area contributed by atoms with Gasteiger partial charge in [0.05, 0.1) is 7.11 Å². The third-order valence-corrected chi connectivity index (χ3v) is 4.17. The summed E-state index contributed by atoms with van der Waals surface area (Å²) in [5.74, 6) is 0.991. The maximum absolute atomic E-state index is 5.47. The molecular weight excluding hydrogens is 236 g/mol. The number of methoxy groups -OCH3 is 1. The first-order valence-corrected chi connectivity index (χ1v) is 7.17. The van der Waals surface area contributed by atoms with Crippen LogP contribution in [0, 0.1) is 0 Å². The first kappa shape index (κ1) is 14.4. The summed E-state index contributed by atoms with van der Waals surface area (Å²) < 4.78 is 5.47. The van der Waals surface area contributed by atoms with Gasteiger partial charge in [-0.05, 0) is 26.3 Å². The maximum Gasteiger partial charge on any atom is 0.123 e. The summed E-state index contributed by atoms with van der Waals surface area (Å²) in [5, 5.41) is 3.63. The van der Waals surface area contributed by atoms with Crippen LogP contribution in [0.2, 0.25) is 0 Å². The standard InChI is InChI=1S/C16H26N2O/c1-5-14-11-18(16(2,3)12-17-14)10-13-8-6-7-9-15(13)19-4/h6-9,14,17H,5,10-12H2,1-4H3. The topological polar surface area (TPSA) is 24.5 Å². The Labute approximate surface area is 116 Å². The predicted molar refractivity (Wildman–Crippen MR) is 79.6 cm³/mol. The molecule has 0 radical (unpaired) electrons. The zero-order valence-electron chi connectivity index (χ0n) is 12.6. The Morgan fingerprint density at radius 1 is 1.37 bits per heavy atom. The van der Waals surface area contributed by atoms with Gasteiger partial charge in [-0.3, -0.25) is 4.90 Å². The minimum Gasteiger partial charge on any atom is -0.496 e. The fraction of sp³-hybridized carbons (Fsp3) is 0.625. The molecule has 1 aromatic carbocycles. The van der Waals surface area contributed by atoms with Gasteiger partial charge in [0.15, 0.2) is 0 Å². The van der Waals surface area contributed by atoms with E-state index in [2.05, 4.69) is 43.1 Å². The Kier molecular flexibility index (Phi) is 4.48. The molecule has 1 saturated heterocycles. The van der Waals surface area contributed by atoms with E-state index in [1.807, 2.05) is 12.1 Å². The van der Waals surface area contributed by atoms with E-state index >= 15 is 0 Å². The first-order chi connectivity index (χ1) is 9.06. The van der Waals surface area contributed by atoms with Crippen LogP contribution in [0.4, 0.5) is 0 Å². The molecule has 0 saturated carbocycles. The van der Waals surface area contributed by atoms with E-state index in [4.69, 9.17) is 4.74 Å². The van der Waals surface area contributed by atoms with Gasteiger partial charge in [-0.2, -0.15) is 0 Å². The monoisotopic (exact) mass is 262 g/mol. The Balaban J connectivity index is 2.15. The lowest BCUT2D eigenvalue weighted by Gasteiger charge is -2.46. The fourth-order valence-electron chi connectivity index (χ4n) is 2.67. The lowest BCUT2D eigenvalue weighted by atomic mass is 9.95. The average Bonchev–Trinajstić information content (AvgIpc) is 2.41. The van der Waals surface area contributed by atoms with Crippen LogP contribution in [-0.4, -0.2) is 36.7 Å². The van der Waals surface area contributed by atoms with Gasteiger partial charge in [-0.1, -0.05) is 25.1 Å². The van der Waals surface area contributed by atoms with Crippen molar-refractivity contribution in [2.45, 2.75) is 45.3 Å². The van der Waals surface area contributed by atoms with Gasteiger partial charge in [0.1, 0.15) is 5.75 Å². The van der Waals surface area contributed by atoms with Gasteiger partial charge >= 0.3 is 0 Å². The van der Waals surface area contributed by atoms with Crippen molar-refractivity contribution in [3.63, 3.8) is 0 Å². The Morgan fingerprint density at radius 2 is 2.11 bits per heavy atom. The number of rotatable bonds is 4. The van der Waals surface area contributed by atoms with E-state index in [1.165, 1.54) is 12.0 Å². The highest BCUT2D eigenvalue weighted by atomic mass is 16.5. The molecule has 1 aliphatic rings. The molecule has 1 aromatic rings. The van der Waals surface area contributed by atoms with Gasteiger partial charge in [0.2, 0.25) is 0 Å². The third kappa shape index (κ3) is 3.28. The molecule has 1 unspecified atom stereocenters. The summed E-state index contributed by atoms with van der Waals surface area (Å²) in [6.07, 6.45) is 1.18. The minimum absolute atomic E-state index is 0.187. The molecule has 0 aromatic heterocycles. The molecule has 1 heterocycles. The second kappa shape index (κ2) is 5.93. The Morgan fingerprint density at radius 3 is 2.79 bits per heavy atom. The lowest BCUT2D eigenvalue weighted by molar-refractivity contribution is 0.0570. The number of ether oxygens (including phenoxy) is 1. The summed E-state index contributed by atoms with van der Waals surface area (Å²) in [6, 6.07) is 8.92. The zero-order valence-corrected chi connectivity index (χ0v) is 12.6. The highest BCUT2D eigenvalue weighted by Gasteiger charge is 2.33. The number of benzene rings is 1. The van der Waals surface area contributed by atoms with E-state index in [0.717, 1.165) is 25.4 Å². The molecule has 0 bridgehead atoms. The van der Waals surface area contributed by atoms with Crippen molar-refractivity contribution in [3.05, 3.63) is 29.8 Å². The molecule has 3 nitrogen and oxygen atoms in total. The molecular formula is C16H26N2O. The van der Waals surface area contributed by atoms with Gasteiger partial charge < -0.3 is 10.1 Å². The molecule has 0 amide bonds. The highest BCUT2D eigenvalue weighted by molar-refractivity contribution is 5.33. The van der Waals surface area contributed by atoms with Crippen molar-refractivity contribution < 1.29 is 4.74 Å². The molecule has 3 heteroatoms. The normalized spacial score (nSPS) is 23.3. The van der Waals surface area contributed by atoms with Crippen molar-refractivity contribution in [2.24, 2.45) is 0 Å². The second-order valence-electron chi connectivity index (χ2n) is 5.99. The molecule has 19 heavy (non-hydrogen) atoms. The zero-order chi connectivity index (χ0) is 13.9. The second-order valence-corrected chi connectivity index (χ2v) is 5.99. The number of piperazine rings is 1. The molecule has 2 rings (SSSR count). The fourth-order valence-corrected chi connectivity index (χ4v) is 2.67. The van der Waals surface area contributed by atoms with Crippen LogP contribution >= 0.6 is 0 Å². The van der Waals surface area contributed by atoms with E-state index < -0.39 is 0 Å². The van der Waals surface area contributed by atoms with Crippen molar-refractivity contribution >= 4 is 0 Å². The summed E-state index contributed by atoms with van der Waals surface area (Å²) in [4.78, 5) is 2.56. The smallest absolute Gasteiger partial charge is 0.123 e. The van der Waals surface area contributed by atoms with Crippen molar-refractivity contribution in [2.75, 3.05) is 20.2 Å². The minimum atomic E-state index is 0.187. The molecule has 0 aliphatic carbocycles. The van der Waals surface area contributed by atoms with Crippen molar-refractivity contribution in [1.82, 2.24) is 10.2 Å². The van der Waals surface area contributed by atoms with Crippen LogP contribution in [0.3, 0.4) is 0 Å². The molecule has 1 N–H and O–H groups in total. The van der Waals surface area contributed by atoms with Gasteiger partial charge in [-0.25, -0.2) is 0 Å². The number of para-hydroxylation sites is 1. The molecule has 1 aliphatic heterocycles. The van der Waals surface area contributed by atoms with E-state index in [9.17, 15) is 0 Å². The summed E-state index contributed by atoms with van der Waals surface area (Å²) >= 11 is 0. The largest absolute Gasteiger partial charge is 0.496 e. The Bertz CT molecular complexity index is 417. The number of nitrogens with one attached hydrogen (secondary N) is 1. The number of hydrogen-bond acceptors (Lipinski definition) is 3. The predicted octanol–water partition coefficient (Wildman–Crippen LogP) is 2.66. The number of nitrogens with zero attached hydrogens (tertiary/aromatic N) is 1. The summed E-state index contributed by atoms with van der Waals surface area (Å²) in [6.45, 7) is 9.96. The average molecular weight is 262 g/mol. The van der Waals surface area contributed by atoms with Crippen molar-refractivity contribution in [3.8, 4) is 5.75 Å². The molecule has 1 fully saturated rings. The van der Waals surface area contributed by atoms with Crippen LogP contribution in [0.15, 0.2) is 24.3 Å². The van der Waals surface area contributed by atoms with Crippen LogP contribution in [0.1, 0.15) is 32.8 Å². The summed E-state index contributed by atoms with van der Waals surface area (Å²) in [7, 11) is 1.75. The lowest BCUT2D eigenvalue weighted by Crippen LogP contribution is -2.61. The van der Waals surface area contributed by atoms with Gasteiger partial charge in [-0.15, -0.1) is 0 Å². The van der Waals surface area contributed by atoms with Crippen LogP contribution < -0.4 is 10.1 Å². The van der Waals surface area contributed by atoms with Crippen LogP contribution in [-0.2, 0) is 6.54 Å². The third-order valence-electron chi connectivity index (χ3n) is 4.17. The highest BCUT2D eigenvalue weighted by Crippen LogP contribution is 2.26. The van der Waals surface area contributed by atoms with Gasteiger partial charge in [0, 0.05) is 36.8 Å².